The van der Waals surface area contributed by atoms with Crippen LogP contribution < -0.4 is 11.1 Å². The van der Waals surface area contributed by atoms with Gasteiger partial charge in [-0.25, -0.2) is 0 Å². The minimum absolute atomic E-state index is 0.0947. The van der Waals surface area contributed by atoms with Gasteiger partial charge in [0.2, 0.25) is 5.91 Å². The van der Waals surface area contributed by atoms with E-state index in [-0.39, 0.29) is 18.0 Å². The number of nitrogens with two attached hydrogens (primary N) is 1. The summed E-state index contributed by atoms with van der Waals surface area (Å²) in [7, 11) is 0. The molecular weight excluding hydrogens is 140 g/mol. The van der Waals surface area contributed by atoms with Crippen molar-refractivity contribution >= 4 is 5.91 Å². The molecule has 0 aromatic carbocycles. The molecule has 11 heavy (non-hydrogen) atoms. The molecule has 1 atom stereocenters. The molecule has 1 unspecified atom stereocenters. The standard InChI is InChI=1S/C8H18N2O/c1-6(2)10-8(11)5-4-7(3)9/h6-7H,4-5,9H2,1-3H3,(H,10,11). The maximum atomic E-state index is 11.0. The molecule has 0 saturated heterocycles. The SMILES string of the molecule is CC(N)CCC(=O)NC(C)C. The molecule has 3 heteroatoms. The summed E-state index contributed by atoms with van der Waals surface area (Å²) in [6.45, 7) is 5.80. The summed E-state index contributed by atoms with van der Waals surface area (Å²) in [6.07, 6.45) is 1.30. The minimum atomic E-state index is 0.0947. The molecule has 1 amide bonds. The van der Waals surface area contributed by atoms with Crippen LogP contribution in [0.1, 0.15) is 33.6 Å². The summed E-state index contributed by atoms with van der Waals surface area (Å²) < 4.78 is 0. The lowest BCUT2D eigenvalue weighted by molar-refractivity contribution is -0.121. The predicted molar refractivity (Wildman–Crippen MR) is 46.2 cm³/mol. The van der Waals surface area contributed by atoms with Crippen molar-refractivity contribution in [3.05, 3.63) is 0 Å². The summed E-state index contributed by atoms with van der Waals surface area (Å²) in [6, 6.07) is 0.350. The summed E-state index contributed by atoms with van der Waals surface area (Å²) in [4.78, 5) is 11.0. The quantitative estimate of drug-likeness (QED) is 0.630. The van der Waals surface area contributed by atoms with Crippen molar-refractivity contribution in [3.8, 4) is 0 Å². The molecule has 0 saturated carbocycles. The second kappa shape index (κ2) is 5.13. The average molecular weight is 158 g/mol. The summed E-state index contributed by atoms with van der Waals surface area (Å²) in [5.41, 5.74) is 5.49. The monoisotopic (exact) mass is 158 g/mol. The highest BCUT2D eigenvalue weighted by Gasteiger charge is 2.03. The van der Waals surface area contributed by atoms with E-state index >= 15 is 0 Å². The Hall–Kier alpha value is -0.570. The predicted octanol–water partition coefficient (Wildman–Crippen LogP) is 0.638. The van der Waals surface area contributed by atoms with E-state index in [1.165, 1.54) is 0 Å². The Balaban J connectivity index is 3.38. The zero-order valence-corrected chi connectivity index (χ0v) is 7.55. The number of amides is 1. The summed E-state index contributed by atoms with van der Waals surface area (Å²) in [5.74, 6) is 0.0947. The number of hydrogen-bond donors (Lipinski definition) is 2. The Morgan fingerprint density at radius 3 is 2.36 bits per heavy atom. The van der Waals surface area contributed by atoms with Gasteiger partial charge in [-0.3, -0.25) is 4.79 Å². The van der Waals surface area contributed by atoms with Gasteiger partial charge in [0.05, 0.1) is 0 Å². The van der Waals surface area contributed by atoms with E-state index in [1.54, 1.807) is 0 Å². The van der Waals surface area contributed by atoms with E-state index in [2.05, 4.69) is 5.32 Å². The van der Waals surface area contributed by atoms with Crippen LogP contribution in [0.4, 0.5) is 0 Å². The third kappa shape index (κ3) is 7.33. The number of rotatable bonds is 4. The average Bonchev–Trinajstić information content (AvgIpc) is 1.82. The van der Waals surface area contributed by atoms with Gasteiger partial charge >= 0.3 is 0 Å². The van der Waals surface area contributed by atoms with E-state index in [9.17, 15) is 4.79 Å². The number of hydrogen-bond acceptors (Lipinski definition) is 2. The van der Waals surface area contributed by atoms with Crippen molar-refractivity contribution in [1.29, 1.82) is 0 Å². The van der Waals surface area contributed by atoms with Gasteiger partial charge in [0, 0.05) is 18.5 Å². The Bertz CT molecular complexity index is 121. The van der Waals surface area contributed by atoms with Crippen molar-refractivity contribution in [2.24, 2.45) is 5.73 Å². The molecule has 3 nitrogen and oxygen atoms in total. The second-order valence-electron chi connectivity index (χ2n) is 3.24. The lowest BCUT2D eigenvalue weighted by Crippen LogP contribution is -2.31. The highest BCUT2D eigenvalue weighted by Crippen LogP contribution is 1.93. The summed E-state index contributed by atoms with van der Waals surface area (Å²) >= 11 is 0. The molecule has 0 bridgehead atoms. The van der Waals surface area contributed by atoms with E-state index in [0.29, 0.717) is 6.42 Å². The summed E-state index contributed by atoms with van der Waals surface area (Å²) in [5, 5.41) is 2.80. The molecule has 0 aliphatic carbocycles. The molecule has 3 N–H and O–H groups in total. The largest absolute Gasteiger partial charge is 0.354 e. The normalized spacial score (nSPS) is 13.2. The van der Waals surface area contributed by atoms with Gasteiger partial charge in [0.1, 0.15) is 0 Å². The third-order valence-corrected chi connectivity index (χ3v) is 1.28. The van der Waals surface area contributed by atoms with Gasteiger partial charge in [0.25, 0.3) is 0 Å². The van der Waals surface area contributed by atoms with E-state index in [4.69, 9.17) is 5.73 Å². The molecule has 0 aromatic heterocycles. The Labute approximate surface area is 68.3 Å². The fraction of sp³-hybridized carbons (Fsp3) is 0.875. The van der Waals surface area contributed by atoms with E-state index in [0.717, 1.165) is 6.42 Å². The first-order valence-corrected chi connectivity index (χ1v) is 4.07. The molecular formula is C8H18N2O. The van der Waals surface area contributed by atoms with Crippen LogP contribution in [0.3, 0.4) is 0 Å². The van der Waals surface area contributed by atoms with Gasteiger partial charge in [0.15, 0.2) is 0 Å². The van der Waals surface area contributed by atoms with Gasteiger partial charge in [-0.05, 0) is 27.2 Å². The Kier molecular flexibility index (Phi) is 4.86. The highest BCUT2D eigenvalue weighted by molar-refractivity contribution is 5.76. The Morgan fingerprint density at radius 2 is 2.00 bits per heavy atom. The molecule has 0 aliphatic rings. The van der Waals surface area contributed by atoms with Gasteiger partial charge in [-0.2, -0.15) is 0 Å². The maximum Gasteiger partial charge on any atom is 0.220 e. The topological polar surface area (TPSA) is 55.1 Å². The molecule has 0 aromatic rings. The van der Waals surface area contributed by atoms with Crippen molar-refractivity contribution in [2.45, 2.75) is 45.7 Å². The van der Waals surface area contributed by atoms with Crippen LogP contribution in [0.5, 0.6) is 0 Å². The van der Waals surface area contributed by atoms with Crippen molar-refractivity contribution in [1.82, 2.24) is 5.32 Å². The van der Waals surface area contributed by atoms with E-state index < -0.39 is 0 Å². The van der Waals surface area contributed by atoms with Crippen LogP contribution in [0.2, 0.25) is 0 Å². The molecule has 0 heterocycles. The minimum Gasteiger partial charge on any atom is -0.354 e. The molecule has 0 rings (SSSR count). The van der Waals surface area contributed by atoms with Crippen LogP contribution in [-0.4, -0.2) is 18.0 Å². The number of carbonyl (C=O) groups excluding carboxylic acids is 1. The van der Waals surface area contributed by atoms with Crippen LogP contribution in [0.25, 0.3) is 0 Å². The third-order valence-electron chi connectivity index (χ3n) is 1.28. The molecule has 0 aliphatic heterocycles. The number of nitrogens with one attached hydrogen (secondary N) is 1. The van der Waals surface area contributed by atoms with Crippen molar-refractivity contribution < 1.29 is 4.79 Å². The zero-order chi connectivity index (χ0) is 8.85. The van der Waals surface area contributed by atoms with Crippen LogP contribution >= 0.6 is 0 Å². The zero-order valence-electron chi connectivity index (χ0n) is 7.55. The Morgan fingerprint density at radius 1 is 1.45 bits per heavy atom. The van der Waals surface area contributed by atoms with Crippen molar-refractivity contribution in [3.63, 3.8) is 0 Å². The fourth-order valence-corrected chi connectivity index (χ4v) is 0.753. The lowest BCUT2D eigenvalue weighted by atomic mass is 10.2. The highest BCUT2D eigenvalue weighted by atomic mass is 16.1. The van der Waals surface area contributed by atoms with E-state index in [1.807, 2.05) is 20.8 Å². The number of carbonyl (C=O) groups is 1. The molecule has 0 spiro atoms. The smallest absolute Gasteiger partial charge is 0.220 e. The second-order valence-corrected chi connectivity index (χ2v) is 3.24. The first kappa shape index (κ1) is 10.4. The first-order chi connectivity index (χ1) is 5.02. The molecule has 0 radical (unpaired) electrons. The molecule has 0 fully saturated rings. The maximum absolute atomic E-state index is 11.0. The van der Waals surface area contributed by atoms with Gasteiger partial charge < -0.3 is 11.1 Å². The van der Waals surface area contributed by atoms with Gasteiger partial charge in [-0.15, -0.1) is 0 Å². The van der Waals surface area contributed by atoms with Crippen molar-refractivity contribution in [2.75, 3.05) is 0 Å². The van der Waals surface area contributed by atoms with Crippen LogP contribution in [-0.2, 0) is 4.79 Å². The van der Waals surface area contributed by atoms with Crippen LogP contribution in [0, 0.1) is 0 Å². The van der Waals surface area contributed by atoms with Crippen LogP contribution in [0.15, 0.2) is 0 Å². The fourth-order valence-electron chi connectivity index (χ4n) is 0.753. The first-order valence-electron chi connectivity index (χ1n) is 4.07. The lowest BCUT2D eigenvalue weighted by Gasteiger charge is -2.08. The van der Waals surface area contributed by atoms with Gasteiger partial charge in [-0.1, -0.05) is 0 Å². The molecule has 66 valence electrons.